The Morgan fingerprint density at radius 3 is 2.20 bits per heavy atom. The molecule has 0 aliphatic heterocycles. The van der Waals surface area contributed by atoms with E-state index < -0.39 is 0 Å². The maximum absolute atomic E-state index is 11.4. The fourth-order valence-corrected chi connectivity index (χ4v) is 3.11. The molecule has 1 unspecified atom stereocenters. The first-order valence-electron chi connectivity index (χ1n) is 8.77. The molecule has 0 saturated carbocycles. The average molecular weight is 337 g/mol. The van der Waals surface area contributed by atoms with Crippen LogP contribution < -0.4 is 5.32 Å². The van der Waals surface area contributed by atoms with Gasteiger partial charge in [-0.25, -0.2) is 0 Å². The van der Waals surface area contributed by atoms with Gasteiger partial charge in [0.05, 0.1) is 19.6 Å². The van der Waals surface area contributed by atoms with E-state index in [4.69, 9.17) is 4.74 Å². The molecule has 0 radical (unpaired) electrons. The lowest BCUT2D eigenvalue weighted by Gasteiger charge is -2.23. The van der Waals surface area contributed by atoms with Crippen molar-refractivity contribution in [1.82, 2.24) is 5.32 Å². The van der Waals surface area contributed by atoms with Crippen LogP contribution in [0.25, 0.3) is 5.57 Å². The molecule has 3 nitrogen and oxygen atoms in total. The maximum atomic E-state index is 11.4. The Kier molecular flexibility index (Phi) is 7.42. The Labute approximate surface area is 150 Å². The molecular weight excluding hydrogens is 310 g/mol. The van der Waals surface area contributed by atoms with Crippen molar-refractivity contribution < 1.29 is 9.53 Å². The highest BCUT2D eigenvalue weighted by molar-refractivity contribution is 5.70. The third-order valence-corrected chi connectivity index (χ3v) is 4.42. The maximum Gasteiger partial charge on any atom is 0.306 e. The van der Waals surface area contributed by atoms with Crippen LogP contribution in [0.3, 0.4) is 0 Å². The van der Waals surface area contributed by atoms with Crippen LogP contribution in [0.1, 0.15) is 43.9 Å². The van der Waals surface area contributed by atoms with E-state index in [-0.39, 0.29) is 12.0 Å². The minimum Gasteiger partial charge on any atom is -0.469 e. The highest BCUT2D eigenvalue weighted by Crippen LogP contribution is 2.30. The molecule has 0 saturated heterocycles. The minimum absolute atomic E-state index is 0.0704. The van der Waals surface area contributed by atoms with E-state index in [1.807, 2.05) is 24.3 Å². The number of ether oxygens (including phenoxy) is 1. The number of carbonyl (C=O) groups is 1. The minimum atomic E-state index is -0.195. The Morgan fingerprint density at radius 1 is 1.04 bits per heavy atom. The molecule has 2 aromatic carbocycles. The summed E-state index contributed by atoms with van der Waals surface area (Å²) in [5.74, 6) is -0.195. The van der Waals surface area contributed by atoms with E-state index in [1.54, 1.807) is 0 Å². The standard InChI is InChI=1S/C22H27NO2/c1-4-20(18-11-7-5-8-12-18)17(2)22(19-13-9-6-10-14-19)23-16-15-21(24)25-3/h5-14,22-23H,4,15-16H2,1-3H3/b20-17+. The van der Waals surface area contributed by atoms with Gasteiger partial charge in [0, 0.05) is 6.54 Å². The first kappa shape index (κ1) is 18.9. The van der Waals surface area contributed by atoms with Crippen LogP contribution in [0.2, 0.25) is 0 Å². The molecule has 0 aromatic heterocycles. The summed E-state index contributed by atoms with van der Waals surface area (Å²) in [5.41, 5.74) is 5.06. The fraction of sp³-hybridized carbons (Fsp3) is 0.318. The van der Waals surface area contributed by atoms with Crippen molar-refractivity contribution in [1.29, 1.82) is 0 Å². The van der Waals surface area contributed by atoms with Crippen LogP contribution in [0.5, 0.6) is 0 Å². The molecule has 0 spiro atoms. The van der Waals surface area contributed by atoms with Gasteiger partial charge in [0.1, 0.15) is 0 Å². The Hall–Kier alpha value is -2.39. The van der Waals surface area contributed by atoms with Crippen molar-refractivity contribution in [2.75, 3.05) is 13.7 Å². The number of methoxy groups -OCH3 is 1. The molecule has 132 valence electrons. The molecule has 3 heteroatoms. The van der Waals surface area contributed by atoms with Gasteiger partial charge in [-0.1, -0.05) is 67.6 Å². The van der Waals surface area contributed by atoms with E-state index in [2.05, 4.69) is 55.6 Å². The van der Waals surface area contributed by atoms with Crippen LogP contribution in [0, 0.1) is 0 Å². The van der Waals surface area contributed by atoms with Gasteiger partial charge >= 0.3 is 5.97 Å². The number of hydrogen-bond acceptors (Lipinski definition) is 3. The molecular formula is C22H27NO2. The Bertz CT molecular complexity index is 692. The summed E-state index contributed by atoms with van der Waals surface area (Å²) < 4.78 is 4.75. The second-order valence-electron chi connectivity index (χ2n) is 6.01. The summed E-state index contributed by atoms with van der Waals surface area (Å²) in [7, 11) is 1.42. The van der Waals surface area contributed by atoms with Crippen molar-refractivity contribution in [2.45, 2.75) is 32.7 Å². The number of hydrogen-bond donors (Lipinski definition) is 1. The van der Waals surface area contributed by atoms with Gasteiger partial charge in [-0.3, -0.25) is 4.79 Å². The molecule has 0 amide bonds. The molecule has 0 aliphatic carbocycles. The lowest BCUT2D eigenvalue weighted by atomic mass is 9.90. The largest absolute Gasteiger partial charge is 0.469 e. The number of rotatable bonds is 8. The SMILES string of the molecule is CC/C(=C(/C)C(NCCC(=O)OC)c1ccccc1)c1ccccc1. The van der Waals surface area contributed by atoms with Gasteiger partial charge in [-0.05, 0) is 35.6 Å². The molecule has 0 bridgehead atoms. The van der Waals surface area contributed by atoms with E-state index >= 15 is 0 Å². The molecule has 2 rings (SSSR count). The van der Waals surface area contributed by atoms with Crippen molar-refractivity contribution in [3.05, 3.63) is 77.4 Å². The van der Waals surface area contributed by atoms with Crippen molar-refractivity contribution in [2.24, 2.45) is 0 Å². The van der Waals surface area contributed by atoms with Crippen molar-refractivity contribution in [3.63, 3.8) is 0 Å². The van der Waals surface area contributed by atoms with E-state index in [9.17, 15) is 4.79 Å². The molecule has 2 aromatic rings. The van der Waals surface area contributed by atoms with Crippen LogP contribution >= 0.6 is 0 Å². The van der Waals surface area contributed by atoms with Gasteiger partial charge in [-0.15, -0.1) is 0 Å². The summed E-state index contributed by atoms with van der Waals surface area (Å²) in [6, 6.07) is 20.9. The normalized spacial score (nSPS) is 13.1. The molecule has 1 atom stereocenters. The number of carbonyl (C=O) groups excluding carboxylic acids is 1. The average Bonchev–Trinajstić information content (AvgIpc) is 2.67. The summed E-state index contributed by atoms with van der Waals surface area (Å²) in [5, 5.41) is 3.53. The highest BCUT2D eigenvalue weighted by Gasteiger charge is 2.17. The van der Waals surface area contributed by atoms with Crippen LogP contribution in [0.15, 0.2) is 66.2 Å². The van der Waals surface area contributed by atoms with E-state index in [1.165, 1.54) is 29.4 Å². The van der Waals surface area contributed by atoms with Crippen LogP contribution in [0.4, 0.5) is 0 Å². The third kappa shape index (κ3) is 5.30. The fourth-order valence-electron chi connectivity index (χ4n) is 3.11. The molecule has 0 heterocycles. The zero-order valence-corrected chi connectivity index (χ0v) is 15.3. The number of allylic oxidation sites excluding steroid dienone is 1. The molecule has 1 N–H and O–H groups in total. The summed E-state index contributed by atoms with van der Waals surface area (Å²) in [6.07, 6.45) is 1.32. The lowest BCUT2D eigenvalue weighted by molar-refractivity contribution is -0.140. The number of esters is 1. The summed E-state index contributed by atoms with van der Waals surface area (Å²) in [4.78, 5) is 11.4. The first-order chi connectivity index (χ1) is 12.2. The highest BCUT2D eigenvalue weighted by atomic mass is 16.5. The topological polar surface area (TPSA) is 38.3 Å². The second-order valence-corrected chi connectivity index (χ2v) is 6.01. The van der Waals surface area contributed by atoms with Crippen LogP contribution in [-0.4, -0.2) is 19.6 Å². The zero-order valence-electron chi connectivity index (χ0n) is 15.3. The number of benzene rings is 2. The Balaban J connectivity index is 2.32. The predicted molar refractivity (Wildman–Crippen MR) is 103 cm³/mol. The predicted octanol–water partition coefficient (Wildman–Crippen LogP) is 4.76. The van der Waals surface area contributed by atoms with Crippen molar-refractivity contribution in [3.8, 4) is 0 Å². The number of nitrogens with one attached hydrogen (secondary N) is 1. The lowest BCUT2D eigenvalue weighted by Crippen LogP contribution is -2.26. The van der Waals surface area contributed by atoms with Gasteiger partial charge in [0.25, 0.3) is 0 Å². The molecule has 25 heavy (non-hydrogen) atoms. The quantitative estimate of drug-likeness (QED) is 0.706. The summed E-state index contributed by atoms with van der Waals surface area (Å²) >= 11 is 0. The zero-order chi connectivity index (χ0) is 18.1. The first-order valence-corrected chi connectivity index (χ1v) is 8.77. The molecule has 0 fully saturated rings. The van der Waals surface area contributed by atoms with E-state index in [0.717, 1.165) is 6.42 Å². The third-order valence-electron chi connectivity index (χ3n) is 4.42. The summed E-state index contributed by atoms with van der Waals surface area (Å²) in [6.45, 7) is 4.94. The van der Waals surface area contributed by atoms with Gasteiger partial charge in [0.15, 0.2) is 0 Å². The van der Waals surface area contributed by atoms with Gasteiger partial charge < -0.3 is 10.1 Å². The smallest absolute Gasteiger partial charge is 0.306 e. The molecule has 0 aliphatic rings. The van der Waals surface area contributed by atoms with E-state index in [0.29, 0.717) is 13.0 Å². The van der Waals surface area contributed by atoms with Crippen molar-refractivity contribution >= 4 is 11.5 Å². The van der Waals surface area contributed by atoms with Gasteiger partial charge in [0.2, 0.25) is 0 Å². The monoisotopic (exact) mass is 337 g/mol. The second kappa shape index (κ2) is 9.80. The van der Waals surface area contributed by atoms with Crippen LogP contribution in [-0.2, 0) is 9.53 Å². The van der Waals surface area contributed by atoms with Gasteiger partial charge in [-0.2, -0.15) is 0 Å². The Morgan fingerprint density at radius 2 is 1.64 bits per heavy atom.